The van der Waals surface area contributed by atoms with Gasteiger partial charge in [0.25, 0.3) is 0 Å². The van der Waals surface area contributed by atoms with Crippen LogP contribution >= 0.6 is 0 Å². The molecule has 0 radical (unpaired) electrons. The maximum absolute atomic E-state index is 12.6. The Balaban J connectivity index is 1.57. The first-order valence-electron chi connectivity index (χ1n) is 17.8. The Morgan fingerprint density at radius 3 is 1.67 bits per heavy atom. The molecule has 6 rings (SSSR count). The van der Waals surface area contributed by atoms with Crippen LogP contribution in [0.25, 0.3) is 0 Å². The third-order valence-corrected chi connectivity index (χ3v) is 13.3. The SMILES string of the molecule is CC(C)c1cc2c(c(O)c1O)[C@@]1(C)CCCC(C)(C)[C@@H]1C(O)[C@@H]2O[C@H]1Cc2cc(C(C)C)c(O)c(O)c2[C@@]2(C)CCCC(C)(C)[C@H]12. The van der Waals surface area contributed by atoms with E-state index in [0.717, 1.165) is 66.3 Å². The number of rotatable bonds is 4. The summed E-state index contributed by atoms with van der Waals surface area (Å²) in [5.74, 6) is -0.298. The number of ether oxygens (including phenoxy) is 1. The van der Waals surface area contributed by atoms with Gasteiger partial charge < -0.3 is 30.3 Å². The van der Waals surface area contributed by atoms with E-state index in [1.807, 2.05) is 33.8 Å². The molecule has 0 heterocycles. The van der Waals surface area contributed by atoms with Gasteiger partial charge in [-0.05, 0) is 72.0 Å². The Bertz CT molecular complexity index is 1540. The van der Waals surface area contributed by atoms with Crippen molar-refractivity contribution in [3.05, 3.63) is 45.5 Å². The highest BCUT2D eigenvalue weighted by atomic mass is 16.5. The molecule has 6 heteroatoms. The Morgan fingerprint density at radius 2 is 1.13 bits per heavy atom. The second-order valence-corrected chi connectivity index (χ2v) is 17.9. The predicted octanol–water partition coefficient (Wildman–Crippen LogP) is 8.98. The Kier molecular flexibility index (Phi) is 7.84. The molecular formula is C40H58O6. The van der Waals surface area contributed by atoms with Gasteiger partial charge in [0, 0.05) is 44.9 Å². The van der Waals surface area contributed by atoms with Crippen LogP contribution in [0.4, 0.5) is 0 Å². The van der Waals surface area contributed by atoms with Crippen LogP contribution in [0.3, 0.4) is 0 Å². The van der Waals surface area contributed by atoms with Crippen LogP contribution in [0.2, 0.25) is 0 Å². The second-order valence-electron chi connectivity index (χ2n) is 17.9. The molecule has 2 fully saturated rings. The molecule has 0 amide bonds. The predicted molar refractivity (Wildman–Crippen MR) is 182 cm³/mol. The smallest absolute Gasteiger partial charge is 0.161 e. The number of phenols is 4. The van der Waals surface area contributed by atoms with Gasteiger partial charge in [-0.2, -0.15) is 0 Å². The maximum Gasteiger partial charge on any atom is 0.161 e. The first kappa shape index (κ1) is 33.5. The fourth-order valence-electron chi connectivity index (χ4n) is 11.6. The minimum Gasteiger partial charge on any atom is -0.504 e. The lowest BCUT2D eigenvalue weighted by Crippen LogP contribution is -2.59. The van der Waals surface area contributed by atoms with Crippen LogP contribution in [0.5, 0.6) is 23.0 Å². The second kappa shape index (κ2) is 10.8. The van der Waals surface area contributed by atoms with Crippen molar-refractivity contribution in [1.82, 2.24) is 0 Å². The minimum atomic E-state index is -0.810. The standard InChI is InChI=1S/C40H58O6/c1-20(2)23-17-22-18-26(35-37(5,6)13-11-15-39(35,9)27(22)31(43)29(23)41)46-34-25-19-24(21(3)4)30(42)32(44)28(25)40(10)16-12-14-38(7,8)36(40)33(34)45/h17,19-21,26,33-36,41-45H,11-16,18H2,1-10H3/t26-,33?,34+,35-,36-,39+,40+/m0/s1. The zero-order valence-corrected chi connectivity index (χ0v) is 29.8. The van der Waals surface area contributed by atoms with E-state index in [0.29, 0.717) is 12.0 Å². The van der Waals surface area contributed by atoms with Gasteiger partial charge in [-0.15, -0.1) is 0 Å². The molecule has 7 atom stereocenters. The van der Waals surface area contributed by atoms with Crippen molar-refractivity contribution in [1.29, 1.82) is 0 Å². The quantitative estimate of drug-likeness (QED) is 0.215. The lowest BCUT2D eigenvalue weighted by molar-refractivity contribution is -0.184. The summed E-state index contributed by atoms with van der Waals surface area (Å²) in [4.78, 5) is 0. The Morgan fingerprint density at radius 1 is 0.652 bits per heavy atom. The molecule has 254 valence electrons. The van der Waals surface area contributed by atoms with Gasteiger partial charge in [-0.3, -0.25) is 0 Å². The molecule has 4 aliphatic rings. The number of aliphatic hydroxyl groups is 1. The van der Waals surface area contributed by atoms with Crippen LogP contribution in [-0.2, 0) is 22.0 Å². The summed E-state index contributed by atoms with van der Waals surface area (Å²) in [5.41, 5.74) is 3.46. The van der Waals surface area contributed by atoms with Crippen LogP contribution < -0.4 is 0 Å². The molecule has 5 N–H and O–H groups in total. The van der Waals surface area contributed by atoms with E-state index < -0.39 is 23.0 Å². The molecule has 0 aromatic heterocycles. The van der Waals surface area contributed by atoms with E-state index in [1.54, 1.807) is 0 Å². The molecule has 0 spiro atoms. The number of fused-ring (bicyclic) bond motifs is 6. The number of benzene rings is 2. The van der Waals surface area contributed by atoms with Gasteiger partial charge in [-0.1, -0.05) is 88.1 Å². The van der Waals surface area contributed by atoms with E-state index in [9.17, 15) is 25.5 Å². The minimum absolute atomic E-state index is 0.00888. The number of aromatic hydroxyl groups is 4. The van der Waals surface area contributed by atoms with E-state index >= 15 is 0 Å². The molecule has 2 aromatic carbocycles. The largest absolute Gasteiger partial charge is 0.504 e. The Hall–Kier alpha value is -2.44. The topological polar surface area (TPSA) is 110 Å². The van der Waals surface area contributed by atoms with E-state index in [-0.39, 0.29) is 63.6 Å². The number of hydrogen-bond donors (Lipinski definition) is 5. The van der Waals surface area contributed by atoms with Crippen molar-refractivity contribution in [2.75, 3.05) is 0 Å². The van der Waals surface area contributed by atoms with Crippen LogP contribution in [-0.4, -0.2) is 37.7 Å². The summed E-state index contributed by atoms with van der Waals surface area (Å²) in [6.07, 6.45) is 4.42. The van der Waals surface area contributed by atoms with E-state index in [2.05, 4.69) is 47.6 Å². The highest BCUT2D eigenvalue weighted by molar-refractivity contribution is 5.61. The molecule has 4 aliphatic carbocycles. The zero-order valence-electron chi connectivity index (χ0n) is 29.8. The van der Waals surface area contributed by atoms with Crippen molar-refractivity contribution < 1.29 is 30.3 Å². The molecule has 0 saturated heterocycles. The first-order valence-corrected chi connectivity index (χ1v) is 17.8. The molecule has 0 aliphatic heterocycles. The number of hydrogen-bond acceptors (Lipinski definition) is 6. The first-order chi connectivity index (χ1) is 21.3. The molecule has 6 nitrogen and oxygen atoms in total. The zero-order chi connectivity index (χ0) is 33.9. The fraction of sp³-hybridized carbons (Fsp3) is 0.700. The molecule has 46 heavy (non-hydrogen) atoms. The van der Waals surface area contributed by atoms with Crippen molar-refractivity contribution in [3.8, 4) is 23.0 Å². The van der Waals surface area contributed by atoms with Gasteiger partial charge in [0.15, 0.2) is 23.0 Å². The summed E-state index contributed by atoms with van der Waals surface area (Å²) in [5, 5.41) is 58.5. The van der Waals surface area contributed by atoms with Crippen molar-refractivity contribution in [3.63, 3.8) is 0 Å². The summed E-state index contributed by atoms with van der Waals surface area (Å²) in [7, 11) is 0. The number of phenolic OH excluding ortho intramolecular Hbond substituents is 4. The third kappa shape index (κ3) is 4.63. The highest BCUT2D eigenvalue weighted by Crippen LogP contribution is 2.65. The molecule has 2 aromatic rings. The summed E-state index contributed by atoms with van der Waals surface area (Å²) >= 11 is 0. The molecular weight excluding hydrogens is 576 g/mol. The summed E-state index contributed by atoms with van der Waals surface area (Å²) < 4.78 is 7.40. The molecule has 1 unspecified atom stereocenters. The van der Waals surface area contributed by atoms with Gasteiger partial charge in [0.1, 0.15) is 6.10 Å². The average Bonchev–Trinajstić information content (AvgIpc) is 2.92. The Labute approximate surface area is 276 Å². The van der Waals surface area contributed by atoms with Gasteiger partial charge in [0.2, 0.25) is 0 Å². The highest BCUT2D eigenvalue weighted by Gasteiger charge is 2.61. The van der Waals surface area contributed by atoms with Crippen LogP contribution in [0, 0.1) is 22.7 Å². The van der Waals surface area contributed by atoms with E-state index in [4.69, 9.17) is 4.74 Å². The fourth-order valence-corrected chi connectivity index (χ4v) is 11.6. The lowest BCUT2D eigenvalue weighted by Gasteiger charge is -2.60. The van der Waals surface area contributed by atoms with E-state index in [1.165, 1.54) is 0 Å². The monoisotopic (exact) mass is 634 g/mol. The average molecular weight is 635 g/mol. The maximum atomic E-state index is 12.6. The van der Waals surface area contributed by atoms with Gasteiger partial charge in [-0.25, -0.2) is 0 Å². The summed E-state index contributed by atoms with van der Waals surface area (Å²) in [6, 6.07) is 4.07. The van der Waals surface area contributed by atoms with Gasteiger partial charge >= 0.3 is 0 Å². The molecule has 2 saturated carbocycles. The van der Waals surface area contributed by atoms with Crippen molar-refractivity contribution in [2.45, 2.75) is 155 Å². The third-order valence-electron chi connectivity index (χ3n) is 13.3. The van der Waals surface area contributed by atoms with Crippen LogP contribution in [0.1, 0.15) is 159 Å². The summed E-state index contributed by atoms with van der Waals surface area (Å²) in [6.45, 7) is 21.5. The van der Waals surface area contributed by atoms with Crippen LogP contribution in [0.15, 0.2) is 12.1 Å². The molecule has 0 bridgehead atoms. The van der Waals surface area contributed by atoms with Crippen molar-refractivity contribution >= 4 is 0 Å². The lowest BCUT2D eigenvalue weighted by atomic mass is 9.48. The normalized spacial score (nSPS) is 34.5. The van der Waals surface area contributed by atoms with Crippen molar-refractivity contribution in [2.24, 2.45) is 22.7 Å². The number of aliphatic hydroxyl groups excluding tert-OH is 1. The van der Waals surface area contributed by atoms with Gasteiger partial charge in [0.05, 0.1) is 12.2 Å².